The SMILES string of the molecule is O=C(NCc1ccc(Cl)cc1)OCCO. The van der Waals surface area contributed by atoms with E-state index < -0.39 is 6.09 Å². The van der Waals surface area contributed by atoms with Crippen LogP contribution < -0.4 is 5.32 Å². The van der Waals surface area contributed by atoms with Crippen molar-refractivity contribution in [1.29, 1.82) is 0 Å². The molecule has 0 bridgehead atoms. The number of aliphatic hydroxyl groups is 1. The van der Waals surface area contributed by atoms with E-state index in [2.05, 4.69) is 10.1 Å². The minimum Gasteiger partial charge on any atom is -0.447 e. The summed E-state index contributed by atoms with van der Waals surface area (Å²) in [6.45, 7) is 0.211. The van der Waals surface area contributed by atoms with Crippen molar-refractivity contribution >= 4 is 17.7 Å². The average Bonchev–Trinajstić information content (AvgIpc) is 2.25. The van der Waals surface area contributed by atoms with Gasteiger partial charge in [0.15, 0.2) is 0 Å². The van der Waals surface area contributed by atoms with Gasteiger partial charge in [0.05, 0.1) is 6.61 Å². The predicted molar refractivity (Wildman–Crippen MR) is 56.7 cm³/mol. The summed E-state index contributed by atoms with van der Waals surface area (Å²) < 4.78 is 4.61. The number of ether oxygens (including phenoxy) is 1. The first kappa shape index (κ1) is 11.8. The third kappa shape index (κ3) is 4.67. The van der Waals surface area contributed by atoms with Crippen molar-refractivity contribution in [2.75, 3.05) is 13.2 Å². The summed E-state index contributed by atoms with van der Waals surface area (Å²) >= 11 is 5.70. The van der Waals surface area contributed by atoms with E-state index in [1.807, 2.05) is 12.1 Å². The van der Waals surface area contributed by atoms with Gasteiger partial charge < -0.3 is 15.2 Å². The molecule has 0 aliphatic heterocycles. The molecule has 4 nitrogen and oxygen atoms in total. The number of halogens is 1. The first-order valence-corrected chi connectivity index (χ1v) is 4.86. The number of carbonyl (C=O) groups excluding carboxylic acids is 1. The van der Waals surface area contributed by atoms with E-state index in [1.54, 1.807) is 12.1 Å². The fourth-order valence-corrected chi connectivity index (χ4v) is 1.09. The van der Waals surface area contributed by atoms with Gasteiger partial charge in [0.25, 0.3) is 0 Å². The van der Waals surface area contributed by atoms with Gasteiger partial charge in [-0.25, -0.2) is 4.79 Å². The van der Waals surface area contributed by atoms with Crippen LogP contribution in [0.15, 0.2) is 24.3 Å². The number of alkyl carbamates (subject to hydrolysis) is 1. The van der Waals surface area contributed by atoms with Gasteiger partial charge in [0.2, 0.25) is 0 Å². The number of rotatable bonds is 4. The monoisotopic (exact) mass is 229 g/mol. The lowest BCUT2D eigenvalue weighted by atomic mass is 10.2. The number of benzene rings is 1. The fraction of sp³-hybridized carbons (Fsp3) is 0.300. The molecule has 0 saturated heterocycles. The Kier molecular flexibility index (Phi) is 4.93. The Morgan fingerprint density at radius 3 is 2.67 bits per heavy atom. The van der Waals surface area contributed by atoms with Crippen LogP contribution in [-0.4, -0.2) is 24.4 Å². The first-order valence-electron chi connectivity index (χ1n) is 4.48. The quantitative estimate of drug-likeness (QED) is 0.824. The maximum Gasteiger partial charge on any atom is 0.407 e. The lowest BCUT2D eigenvalue weighted by molar-refractivity contribution is 0.119. The van der Waals surface area contributed by atoms with Crippen molar-refractivity contribution in [3.05, 3.63) is 34.9 Å². The van der Waals surface area contributed by atoms with Crippen LogP contribution in [0.5, 0.6) is 0 Å². The van der Waals surface area contributed by atoms with Crippen molar-refractivity contribution in [3.63, 3.8) is 0 Å². The molecule has 0 aliphatic carbocycles. The fourth-order valence-electron chi connectivity index (χ4n) is 0.966. The predicted octanol–water partition coefficient (Wildman–Crippen LogP) is 1.56. The zero-order chi connectivity index (χ0) is 11.1. The van der Waals surface area contributed by atoms with Gasteiger partial charge in [-0.2, -0.15) is 0 Å². The van der Waals surface area contributed by atoms with Gasteiger partial charge >= 0.3 is 6.09 Å². The van der Waals surface area contributed by atoms with Crippen LogP contribution in [0.3, 0.4) is 0 Å². The van der Waals surface area contributed by atoms with Crippen LogP contribution in [-0.2, 0) is 11.3 Å². The summed E-state index contributed by atoms with van der Waals surface area (Å²) in [7, 11) is 0. The first-order chi connectivity index (χ1) is 7.22. The van der Waals surface area contributed by atoms with Gasteiger partial charge in [-0.3, -0.25) is 0 Å². The Balaban J connectivity index is 2.30. The van der Waals surface area contributed by atoms with Gasteiger partial charge in [0, 0.05) is 11.6 Å². The van der Waals surface area contributed by atoms with E-state index in [4.69, 9.17) is 16.7 Å². The largest absolute Gasteiger partial charge is 0.447 e. The van der Waals surface area contributed by atoms with E-state index >= 15 is 0 Å². The van der Waals surface area contributed by atoms with Crippen molar-refractivity contribution in [1.82, 2.24) is 5.32 Å². The number of aliphatic hydroxyl groups excluding tert-OH is 1. The maximum absolute atomic E-state index is 11.0. The molecule has 0 unspecified atom stereocenters. The van der Waals surface area contributed by atoms with E-state index in [9.17, 15) is 4.79 Å². The second kappa shape index (κ2) is 6.27. The third-order valence-electron chi connectivity index (χ3n) is 1.67. The Labute approximate surface area is 92.8 Å². The summed E-state index contributed by atoms with van der Waals surface area (Å²) in [5.41, 5.74) is 0.931. The number of amides is 1. The lowest BCUT2D eigenvalue weighted by Crippen LogP contribution is -2.24. The zero-order valence-corrected chi connectivity index (χ0v) is 8.83. The van der Waals surface area contributed by atoms with E-state index in [1.165, 1.54) is 0 Å². The van der Waals surface area contributed by atoms with Crippen molar-refractivity contribution < 1.29 is 14.6 Å². The molecule has 1 aromatic rings. The van der Waals surface area contributed by atoms with Crippen LogP contribution in [0.1, 0.15) is 5.56 Å². The molecule has 1 aromatic carbocycles. The summed E-state index contributed by atoms with van der Waals surface area (Å²) in [6.07, 6.45) is -0.543. The summed E-state index contributed by atoms with van der Waals surface area (Å²) in [5, 5.41) is 11.6. The Morgan fingerprint density at radius 1 is 1.40 bits per heavy atom. The molecule has 82 valence electrons. The normalized spacial score (nSPS) is 9.73. The summed E-state index contributed by atoms with van der Waals surface area (Å²) in [5.74, 6) is 0. The standard InChI is InChI=1S/C10H12ClNO3/c11-9-3-1-8(2-4-9)7-12-10(14)15-6-5-13/h1-4,13H,5-7H2,(H,12,14). The molecular formula is C10H12ClNO3. The van der Waals surface area contributed by atoms with Crippen molar-refractivity contribution in [2.45, 2.75) is 6.54 Å². The molecule has 1 rings (SSSR count). The lowest BCUT2D eigenvalue weighted by Gasteiger charge is -2.05. The maximum atomic E-state index is 11.0. The molecule has 0 aromatic heterocycles. The average molecular weight is 230 g/mol. The molecule has 0 aliphatic rings. The van der Waals surface area contributed by atoms with E-state index in [-0.39, 0.29) is 13.2 Å². The Morgan fingerprint density at radius 2 is 2.07 bits per heavy atom. The minimum absolute atomic E-state index is 0.00640. The zero-order valence-electron chi connectivity index (χ0n) is 8.07. The van der Waals surface area contributed by atoms with E-state index in [0.717, 1.165) is 5.56 Å². The second-order valence-electron chi connectivity index (χ2n) is 2.84. The van der Waals surface area contributed by atoms with Gasteiger partial charge in [-0.1, -0.05) is 23.7 Å². The minimum atomic E-state index is -0.543. The Bertz CT molecular complexity index is 313. The van der Waals surface area contributed by atoms with Crippen LogP contribution in [0.4, 0.5) is 4.79 Å². The molecule has 5 heteroatoms. The molecule has 15 heavy (non-hydrogen) atoms. The molecule has 0 fully saturated rings. The third-order valence-corrected chi connectivity index (χ3v) is 1.93. The van der Waals surface area contributed by atoms with Gasteiger partial charge in [-0.15, -0.1) is 0 Å². The second-order valence-corrected chi connectivity index (χ2v) is 3.28. The summed E-state index contributed by atoms with van der Waals surface area (Å²) in [4.78, 5) is 11.0. The molecule has 2 N–H and O–H groups in total. The smallest absolute Gasteiger partial charge is 0.407 e. The van der Waals surface area contributed by atoms with Crippen molar-refractivity contribution in [3.8, 4) is 0 Å². The highest BCUT2D eigenvalue weighted by atomic mass is 35.5. The number of carbonyl (C=O) groups is 1. The topological polar surface area (TPSA) is 58.6 Å². The highest BCUT2D eigenvalue weighted by Crippen LogP contribution is 2.08. The molecular weight excluding hydrogens is 218 g/mol. The molecule has 0 heterocycles. The van der Waals surface area contributed by atoms with Gasteiger partial charge in [0.1, 0.15) is 6.61 Å². The molecule has 0 saturated carbocycles. The van der Waals surface area contributed by atoms with Crippen LogP contribution >= 0.6 is 11.6 Å². The van der Waals surface area contributed by atoms with Crippen molar-refractivity contribution in [2.24, 2.45) is 0 Å². The molecule has 0 atom stereocenters. The van der Waals surface area contributed by atoms with E-state index in [0.29, 0.717) is 11.6 Å². The highest BCUT2D eigenvalue weighted by Gasteiger charge is 2.00. The molecule has 0 radical (unpaired) electrons. The number of hydrogen-bond donors (Lipinski definition) is 2. The highest BCUT2D eigenvalue weighted by molar-refractivity contribution is 6.30. The van der Waals surface area contributed by atoms with Crippen LogP contribution in [0.25, 0.3) is 0 Å². The Hall–Kier alpha value is -1.26. The molecule has 1 amide bonds. The summed E-state index contributed by atoms with van der Waals surface area (Å²) in [6, 6.07) is 7.12. The molecule has 0 spiro atoms. The van der Waals surface area contributed by atoms with Crippen LogP contribution in [0, 0.1) is 0 Å². The van der Waals surface area contributed by atoms with Crippen LogP contribution in [0.2, 0.25) is 5.02 Å². The van der Waals surface area contributed by atoms with Gasteiger partial charge in [-0.05, 0) is 17.7 Å². The number of nitrogens with one attached hydrogen (secondary N) is 1. The number of hydrogen-bond acceptors (Lipinski definition) is 3.